The fourth-order valence-corrected chi connectivity index (χ4v) is 9.70. The van der Waals surface area contributed by atoms with Gasteiger partial charge in [0.15, 0.2) is 23.5 Å². The lowest BCUT2D eigenvalue weighted by Crippen LogP contribution is -2.68. The molecule has 0 bridgehead atoms. The number of benzene rings is 2. The number of aliphatic hydroxyl groups excluding tert-OH is 3. The van der Waals surface area contributed by atoms with Gasteiger partial charge in [0.1, 0.15) is 18.8 Å². The number of amides is 2. The second-order valence-electron chi connectivity index (χ2n) is 15.9. The Morgan fingerprint density at radius 1 is 1.04 bits per heavy atom. The lowest BCUT2D eigenvalue weighted by molar-refractivity contribution is -0.203. The van der Waals surface area contributed by atoms with Gasteiger partial charge in [-0.3, -0.25) is 19.2 Å². The van der Waals surface area contributed by atoms with E-state index in [1.807, 2.05) is 12.1 Å². The summed E-state index contributed by atoms with van der Waals surface area (Å²) in [4.78, 5) is 50.0. The Kier molecular flexibility index (Phi) is 10.9. The van der Waals surface area contributed by atoms with Crippen molar-refractivity contribution in [3.05, 3.63) is 89.0 Å². The maximum absolute atomic E-state index is 17.6. The van der Waals surface area contributed by atoms with Crippen LogP contribution >= 0.6 is 0 Å². The largest absolute Gasteiger partial charge is 0.390 e. The van der Waals surface area contributed by atoms with E-state index in [2.05, 4.69) is 10.6 Å². The van der Waals surface area contributed by atoms with E-state index in [1.54, 1.807) is 50.2 Å². The third-order valence-corrected chi connectivity index (χ3v) is 12.5. The SMILES string of the molecule is C[C@H](N)C(=O)N[C@@H](C)C(=O)Nc1cccc(Cc2ccc([C@@H](O)O[C@@H]3C[C@H]4[C@@H]5C[C@H](F)C6=CC(=O)C=C[C@]6(C)[C@@]5(F)[C@@H](O)C[C@]4(C)[C@H]3C(=O)CO)cc2)c1. The minimum absolute atomic E-state index is 0.00165. The van der Waals surface area contributed by atoms with E-state index in [0.717, 1.165) is 17.2 Å². The van der Waals surface area contributed by atoms with Crippen molar-refractivity contribution >= 4 is 29.1 Å². The summed E-state index contributed by atoms with van der Waals surface area (Å²) in [5.74, 6) is -4.56. The van der Waals surface area contributed by atoms with Crippen LogP contribution in [-0.4, -0.2) is 81.4 Å². The fourth-order valence-electron chi connectivity index (χ4n) is 9.70. The fraction of sp³-hybridized carbons (Fsp3) is 0.512. The highest BCUT2D eigenvalue weighted by molar-refractivity contribution is 6.01. The Balaban J connectivity index is 1.16. The molecular formula is C41H49F2N3O8. The number of carbonyl (C=O) groups is 4. The molecule has 4 aliphatic rings. The molecule has 6 rings (SSSR count). The van der Waals surface area contributed by atoms with Crippen molar-refractivity contribution in [2.75, 3.05) is 11.9 Å². The van der Waals surface area contributed by atoms with Gasteiger partial charge in [0.05, 0.1) is 24.2 Å². The Labute approximate surface area is 313 Å². The van der Waals surface area contributed by atoms with Gasteiger partial charge < -0.3 is 36.4 Å². The zero-order valence-electron chi connectivity index (χ0n) is 30.8. The molecule has 0 heterocycles. The van der Waals surface area contributed by atoms with E-state index < -0.39 is 101 Å². The summed E-state index contributed by atoms with van der Waals surface area (Å²) in [6.45, 7) is 5.51. The lowest BCUT2D eigenvalue weighted by atomic mass is 9.45. The molecule has 2 aromatic carbocycles. The van der Waals surface area contributed by atoms with Gasteiger partial charge in [0.25, 0.3) is 0 Å². The number of aliphatic hydroxyl groups is 3. The van der Waals surface area contributed by atoms with Crippen LogP contribution in [0.1, 0.15) is 69.9 Å². The number of alkyl halides is 2. The number of ether oxygens (including phenoxy) is 1. The standard InChI is InChI=1S/C41H49F2N3O8/c1-21(44)36(51)45-22(2)37(52)46-26-7-5-6-24(15-26)14-23-8-10-25(11-9-23)38(53)54-33-18-28-29-17-31(42)30-16-27(48)12-13-40(30,4)41(29,43)34(50)19-39(28,3)35(33)32(49)20-47/h5-13,15-16,21-22,28-29,31,33-35,38,47,50,53H,14,17-20,44H2,1-4H3,(H,45,51)(H,46,52)/t21-,22-,28-,29-,31-,33+,34-,35-,38-,39-,40-,41-/m0/s1. The summed E-state index contributed by atoms with van der Waals surface area (Å²) in [7, 11) is 0. The van der Waals surface area contributed by atoms with Crippen LogP contribution in [0, 0.1) is 28.6 Å². The zero-order valence-corrected chi connectivity index (χ0v) is 30.8. The number of Topliss-reactive ketones (excluding diaryl/α,β-unsaturated/α-hetero) is 1. The number of fused-ring (bicyclic) bond motifs is 5. The van der Waals surface area contributed by atoms with Gasteiger partial charge in [-0.05, 0) is 98.8 Å². The van der Waals surface area contributed by atoms with Crippen molar-refractivity contribution in [1.82, 2.24) is 5.32 Å². The van der Waals surface area contributed by atoms with Crippen LogP contribution in [-0.2, 0) is 30.3 Å². The maximum Gasteiger partial charge on any atom is 0.246 e. The van der Waals surface area contributed by atoms with Crippen LogP contribution in [0.15, 0.2) is 72.3 Å². The molecule has 2 aromatic rings. The Bertz CT molecular complexity index is 1870. The van der Waals surface area contributed by atoms with Crippen LogP contribution in [0.3, 0.4) is 0 Å². The number of anilines is 1. The Morgan fingerprint density at radius 3 is 2.41 bits per heavy atom. The average molecular weight is 750 g/mol. The molecule has 3 saturated carbocycles. The molecule has 2 amide bonds. The number of carbonyl (C=O) groups excluding carboxylic acids is 4. The normalized spacial score (nSPS) is 34.4. The quantitative estimate of drug-likeness (QED) is 0.187. The first-order chi connectivity index (χ1) is 25.4. The molecule has 11 nitrogen and oxygen atoms in total. The molecule has 0 saturated heterocycles. The monoisotopic (exact) mass is 749 g/mol. The molecule has 13 heteroatoms. The van der Waals surface area contributed by atoms with E-state index in [-0.39, 0.29) is 24.8 Å². The molecule has 3 fully saturated rings. The van der Waals surface area contributed by atoms with Gasteiger partial charge in [-0.25, -0.2) is 8.78 Å². The summed E-state index contributed by atoms with van der Waals surface area (Å²) in [5, 5.41) is 38.2. The minimum Gasteiger partial charge on any atom is -0.390 e. The maximum atomic E-state index is 17.6. The molecule has 7 N–H and O–H groups in total. The first kappa shape index (κ1) is 39.6. The zero-order chi connectivity index (χ0) is 39.3. The minimum atomic E-state index is -2.34. The number of ketones is 2. The van der Waals surface area contributed by atoms with Crippen LogP contribution < -0.4 is 16.4 Å². The van der Waals surface area contributed by atoms with Crippen molar-refractivity contribution in [2.45, 2.75) is 95.8 Å². The summed E-state index contributed by atoms with van der Waals surface area (Å²) in [5.41, 5.74) is 3.25. The third-order valence-electron chi connectivity index (χ3n) is 12.5. The van der Waals surface area contributed by atoms with Crippen LogP contribution in [0.25, 0.3) is 0 Å². The summed E-state index contributed by atoms with van der Waals surface area (Å²) in [6.07, 6.45) is -1.94. The van der Waals surface area contributed by atoms with E-state index in [0.29, 0.717) is 17.7 Å². The van der Waals surface area contributed by atoms with E-state index in [9.17, 15) is 34.5 Å². The molecule has 0 aliphatic heterocycles. The highest BCUT2D eigenvalue weighted by Gasteiger charge is 2.73. The number of hydrogen-bond donors (Lipinski definition) is 6. The van der Waals surface area contributed by atoms with E-state index in [1.165, 1.54) is 26.0 Å². The highest BCUT2D eigenvalue weighted by Crippen LogP contribution is 2.69. The predicted octanol–water partition coefficient (Wildman–Crippen LogP) is 3.55. The number of rotatable bonds is 11. The van der Waals surface area contributed by atoms with Gasteiger partial charge in [-0.2, -0.15) is 0 Å². The van der Waals surface area contributed by atoms with Crippen molar-refractivity contribution < 1.29 is 48.0 Å². The topological polar surface area (TPSA) is 188 Å². The lowest BCUT2D eigenvalue weighted by Gasteiger charge is -2.62. The number of halogens is 2. The van der Waals surface area contributed by atoms with Crippen LogP contribution in [0.4, 0.5) is 14.5 Å². The molecule has 4 aliphatic carbocycles. The van der Waals surface area contributed by atoms with Gasteiger partial charge in [-0.1, -0.05) is 49.4 Å². The van der Waals surface area contributed by atoms with Gasteiger partial charge in [0.2, 0.25) is 11.8 Å². The highest BCUT2D eigenvalue weighted by atomic mass is 19.1. The second kappa shape index (κ2) is 14.8. The molecule has 0 spiro atoms. The van der Waals surface area contributed by atoms with Crippen molar-refractivity contribution in [2.24, 2.45) is 34.3 Å². The van der Waals surface area contributed by atoms with Crippen LogP contribution in [0.2, 0.25) is 0 Å². The molecule has 0 radical (unpaired) electrons. The molecule has 12 atom stereocenters. The van der Waals surface area contributed by atoms with Crippen molar-refractivity contribution in [3.8, 4) is 0 Å². The van der Waals surface area contributed by atoms with Gasteiger partial charge >= 0.3 is 0 Å². The van der Waals surface area contributed by atoms with Crippen molar-refractivity contribution in [1.29, 1.82) is 0 Å². The molecule has 0 unspecified atom stereocenters. The second-order valence-corrected chi connectivity index (χ2v) is 15.9. The first-order valence-electron chi connectivity index (χ1n) is 18.4. The summed E-state index contributed by atoms with van der Waals surface area (Å²) >= 11 is 0. The third kappa shape index (κ3) is 6.85. The number of nitrogens with two attached hydrogens (primary N) is 1. The van der Waals surface area contributed by atoms with Crippen molar-refractivity contribution in [3.63, 3.8) is 0 Å². The van der Waals surface area contributed by atoms with Crippen LogP contribution in [0.5, 0.6) is 0 Å². The molecule has 0 aromatic heterocycles. The number of hydrogen-bond acceptors (Lipinski definition) is 9. The summed E-state index contributed by atoms with van der Waals surface area (Å²) in [6, 6.07) is 12.6. The molecule has 54 heavy (non-hydrogen) atoms. The number of allylic oxidation sites excluding steroid dienone is 4. The average Bonchev–Trinajstić information content (AvgIpc) is 3.41. The first-order valence-corrected chi connectivity index (χ1v) is 18.4. The Hall–Kier alpha value is -4.14. The number of nitrogens with one attached hydrogen (secondary N) is 2. The molecule has 290 valence electrons. The predicted molar refractivity (Wildman–Crippen MR) is 195 cm³/mol. The van der Waals surface area contributed by atoms with Gasteiger partial charge in [0, 0.05) is 22.6 Å². The summed E-state index contributed by atoms with van der Waals surface area (Å²) < 4.78 is 39.6. The van der Waals surface area contributed by atoms with E-state index in [4.69, 9.17) is 10.5 Å². The smallest absolute Gasteiger partial charge is 0.246 e. The van der Waals surface area contributed by atoms with E-state index >= 15 is 8.78 Å². The molecular weight excluding hydrogens is 700 g/mol. The Morgan fingerprint density at radius 2 is 1.74 bits per heavy atom. The van der Waals surface area contributed by atoms with Gasteiger partial charge in [-0.15, -0.1) is 0 Å².